The lowest BCUT2D eigenvalue weighted by Crippen LogP contribution is -2.52. The number of aliphatic hydroxyl groups is 1. The number of hydrogen-bond donors (Lipinski definition) is 1. The maximum Gasteiger partial charge on any atom is 0.0698 e. The molecule has 1 fully saturated rings. The molecule has 1 heterocycles. The fourth-order valence-corrected chi connectivity index (χ4v) is 2.74. The van der Waals surface area contributed by atoms with Crippen LogP contribution in [0.5, 0.6) is 0 Å². The van der Waals surface area contributed by atoms with Gasteiger partial charge in [-0.05, 0) is 12.5 Å². The highest BCUT2D eigenvalue weighted by molar-refractivity contribution is 5.14. The first-order valence-electron chi connectivity index (χ1n) is 7.48. The van der Waals surface area contributed by atoms with E-state index in [0.29, 0.717) is 19.3 Å². The topological polar surface area (TPSA) is 35.9 Å². The lowest BCUT2D eigenvalue weighted by Gasteiger charge is -2.39. The number of piperazine rings is 1. The van der Waals surface area contributed by atoms with Crippen LogP contribution in [-0.4, -0.2) is 66.9 Å². The highest BCUT2D eigenvalue weighted by atomic mass is 16.5. The predicted molar refractivity (Wildman–Crippen MR) is 80.7 cm³/mol. The lowest BCUT2D eigenvalue weighted by atomic mass is 10.1. The third-order valence-corrected chi connectivity index (χ3v) is 3.86. The van der Waals surface area contributed by atoms with Crippen LogP contribution in [-0.2, 0) is 11.3 Å². The zero-order chi connectivity index (χ0) is 14.2. The van der Waals surface area contributed by atoms with Crippen molar-refractivity contribution >= 4 is 0 Å². The molecular weight excluding hydrogens is 252 g/mol. The van der Waals surface area contributed by atoms with Crippen LogP contribution >= 0.6 is 0 Å². The molecule has 1 unspecified atom stereocenters. The fraction of sp³-hybridized carbons (Fsp3) is 0.625. The first-order valence-corrected chi connectivity index (χ1v) is 7.48. The van der Waals surface area contributed by atoms with E-state index in [9.17, 15) is 0 Å². The fourth-order valence-electron chi connectivity index (χ4n) is 2.74. The van der Waals surface area contributed by atoms with E-state index in [4.69, 9.17) is 9.84 Å². The molecule has 4 nitrogen and oxygen atoms in total. The average molecular weight is 278 g/mol. The summed E-state index contributed by atoms with van der Waals surface area (Å²) in [5.74, 6) is 0. The Morgan fingerprint density at radius 1 is 1.20 bits per heavy atom. The molecule has 1 aliphatic heterocycles. The van der Waals surface area contributed by atoms with Gasteiger partial charge in [-0.25, -0.2) is 0 Å². The Kier molecular flexibility index (Phi) is 6.47. The first kappa shape index (κ1) is 15.4. The second kappa shape index (κ2) is 8.37. The van der Waals surface area contributed by atoms with E-state index in [0.717, 1.165) is 32.7 Å². The van der Waals surface area contributed by atoms with Gasteiger partial charge in [-0.1, -0.05) is 30.3 Å². The average Bonchev–Trinajstić information content (AvgIpc) is 2.46. The summed E-state index contributed by atoms with van der Waals surface area (Å²) in [4.78, 5) is 4.99. The second-order valence-electron chi connectivity index (χ2n) is 5.44. The van der Waals surface area contributed by atoms with Gasteiger partial charge >= 0.3 is 0 Å². The zero-order valence-corrected chi connectivity index (χ0v) is 12.4. The van der Waals surface area contributed by atoms with E-state index in [1.54, 1.807) is 0 Å². The van der Waals surface area contributed by atoms with Gasteiger partial charge in [0.15, 0.2) is 0 Å². The van der Waals surface area contributed by atoms with E-state index in [-0.39, 0.29) is 6.61 Å². The summed E-state index contributed by atoms with van der Waals surface area (Å²) < 4.78 is 5.35. The van der Waals surface area contributed by atoms with Gasteiger partial charge in [-0.15, -0.1) is 0 Å². The van der Waals surface area contributed by atoms with Crippen molar-refractivity contribution in [1.82, 2.24) is 9.80 Å². The van der Waals surface area contributed by atoms with Crippen LogP contribution in [0.4, 0.5) is 0 Å². The molecule has 0 bridgehead atoms. The summed E-state index contributed by atoms with van der Waals surface area (Å²) in [6, 6.07) is 11.2. The molecule has 0 radical (unpaired) electrons. The van der Waals surface area contributed by atoms with Crippen LogP contribution in [0.25, 0.3) is 0 Å². The summed E-state index contributed by atoms with van der Waals surface area (Å²) in [5.41, 5.74) is 1.39. The van der Waals surface area contributed by atoms with Gasteiger partial charge in [-0.2, -0.15) is 0 Å². The van der Waals surface area contributed by atoms with Crippen molar-refractivity contribution in [3.05, 3.63) is 35.9 Å². The summed E-state index contributed by atoms with van der Waals surface area (Å²) >= 11 is 0. The van der Waals surface area contributed by atoms with E-state index in [2.05, 4.69) is 47.1 Å². The number of ether oxygens (including phenoxy) is 1. The highest BCUT2D eigenvalue weighted by Crippen LogP contribution is 2.12. The lowest BCUT2D eigenvalue weighted by molar-refractivity contribution is 0.0341. The Labute approximate surface area is 122 Å². The van der Waals surface area contributed by atoms with Crippen LogP contribution in [0.15, 0.2) is 30.3 Å². The van der Waals surface area contributed by atoms with Crippen molar-refractivity contribution in [3.63, 3.8) is 0 Å². The van der Waals surface area contributed by atoms with Gasteiger partial charge in [0.25, 0.3) is 0 Å². The van der Waals surface area contributed by atoms with Gasteiger partial charge in [0.05, 0.1) is 19.8 Å². The molecule has 0 amide bonds. The molecule has 2 rings (SSSR count). The van der Waals surface area contributed by atoms with Gasteiger partial charge in [0.2, 0.25) is 0 Å². The maximum absolute atomic E-state index is 8.68. The van der Waals surface area contributed by atoms with Crippen molar-refractivity contribution in [2.45, 2.75) is 19.5 Å². The number of aliphatic hydroxyl groups excluding tert-OH is 1. The van der Waals surface area contributed by atoms with Crippen LogP contribution in [0, 0.1) is 0 Å². The minimum absolute atomic E-state index is 0.112. The Bertz CT molecular complexity index is 372. The molecule has 112 valence electrons. The highest BCUT2D eigenvalue weighted by Gasteiger charge is 2.23. The molecule has 0 aliphatic carbocycles. The molecule has 1 aliphatic rings. The van der Waals surface area contributed by atoms with Crippen molar-refractivity contribution in [3.8, 4) is 0 Å². The van der Waals surface area contributed by atoms with Crippen LogP contribution in [0.1, 0.15) is 12.5 Å². The van der Waals surface area contributed by atoms with E-state index in [1.807, 2.05) is 0 Å². The largest absolute Gasteiger partial charge is 0.394 e. The van der Waals surface area contributed by atoms with Crippen LogP contribution in [0.2, 0.25) is 0 Å². The SMILES string of the molecule is CC1CN(Cc2ccccc2)CCN1CCOCCO. The Morgan fingerprint density at radius 2 is 2.00 bits per heavy atom. The van der Waals surface area contributed by atoms with Crippen LogP contribution in [0.3, 0.4) is 0 Å². The van der Waals surface area contributed by atoms with E-state index >= 15 is 0 Å². The van der Waals surface area contributed by atoms with Crippen LogP contribution < -0.4 is 0 Å². The smallest absolute Gasteiger partial charge is 0.0698 e. The second-order valence-corrected chi connectivity index (χ2v) is 5.44. The van der Waals surface area contributed by atoms with Crippen molar-refractivity contribution in [1.29, 1.82) is 0 Å². The van der Waals surface area contributed by atoms with Crippen molar-refractivity contribution in [2.24, 2.45) is 0 Å². The quantitative estimate of drug-likeness (QED) is 0.760. The number of nitrogens with zero attached hydrogens (tertiary/aromatic N) is 2. The van der Waals surface area contributed by atoms with Crippen molar-refractivity contribution < 1.29 is 9.84 Å². The summed E-state index contributed by atoms with van der Waals surface area (Å²) in [5, 5.41) is 8.68. The standard InChI is InChI=1S/C16H26N2O2/c1-15-13-17(14-16-5-3-2-4-6-16)7-8-18(15)9-11-20-12-10-19/h2-6,15,19H,7-14H2,1H3. The molecule has 1 atom stereocenters. The molecule has 20 heavy (non-hydrogen) atoms. The number of rotatable bonds is 7. The Balaban J connectivity index is 1.71. The van der Waals surface area contributed by atoms with Gasteiger partial charge in [0.1, 0.15) is 0 Å². The maximum atomic E-state index is 8.68. The van der Waals surface area contributed by atoms with E-state index < -0.39 is 0 Å². The van der Waals surface area contributed by atoms with E-state index in [1.165, 1.54) is 5.56 Å². The third-order valence-electron chi connectivity index (χ3n) is 3.86. The molecule has 4 heteroatoms. The molecule has 1 aromatic carbocycles. The summed E-state index contributed by atoms with van der Waals surface area (Å²) in [6.07, 6.45) is 0. The molecule has 0 saturated carbocycles. The minimum Gasteiger partial charge on any atom is -0.394 e. The van der Waals surface area contributed by atoms with Gasteiger partial charge in [-0.3, -0.25) is 9.80 Å². The number of benzene rings is 1. The molecular formula is C16H26N2O2. The Morgan fingerprint density at radius 3 is 2.70 bits per heavy atom. The monoisotopic (exact) mass is 278 g/mol. The third kappa shape index (κ3) is 4.87. The van der Waals surface area contributed by atoms with Crippen molar-refractivity contribution in [2.75, 3.05) is 46.0 Å². The predicted octanol–water partition coefficient (Wildman–Crippen LogP) is 1.20. The zero-order valence-electron chi connectivity index (χ0n) is 12.4. The molecule has 1 saturated heterocycles. The molecule has 1 N–H and O–H groups in total. The first-order chi connectivity index (χ1) is 9.79. The summed E-state index contributed by atoms with van der Waals surface area (Å²) in [7, 11) is 0. The number of hydrogen-bond acceptors (Lipinski definition) is 4. The van der Waals surface area contributed by atoms with Gasteiger partial charge in [0, 0.05) is 38.8 Å². The summed E-state index contributed by atoms with van der Waals surface area (Å²) in [6.45, 7) is 8.86. The molecule has 0 spiro atoms. The minimum atomic E-state index is 0.112. The van der Waals surface area contributed by atoms with Gasteiger partial charge < -0.3 is 9.84 Å². The molecule has 1 aromatic rings. The Hall–Kier alpha value is -0.940. The molecule has 0 aromatic heterocycles. The normalized spacial score (nSPS) is 21.2.